The summed E-state index contributed by atoms with van der Waals surface area (Å²) >= 11 is 1.78. The minimum absolute atomic E-state index is 1.03. The Bertz CT molecular complexity index is 294. The Labute approximate surface area is 84.5 Å². The molecule has 0 aromatic heterocycles. The maximum atomic E-state index is 5.36. The highest BCUT2D eigenvalue weighted by Gasteiger charge is 2.06. The van der Waals surface area contributed by atoms with Crippen molar-refractivity contribution in [2.45, 2.75) is 25.2 Å². The highest BCUT2D eigenvalue weighted by atomic mass is 32.2. The van der Waals surface area contributed by atoms with Crippen molar-refractivity contribution in [3.8, 4) is 5.75 Å². The van der Waals surface area contributed by atoms with Gasteiger partial charge in [-0.05, 0) is 42.9 Å². The zero-order chi connectivity index (χ0) is 9.84. The van der Waals surface area contributed by atoms with Crippen molar-refractivity contribution in [1.29, 1.82) is 0 Å². The lowest BCUT2D eigenvalue weighted by Crippen LogP contribution is -1.94. The standard InChI is InChI=1S/C11H16OS/c1-5-9-7-10(13-4)6-8(2)11(9)12-3/h6-7H,5H2,1-4H3. The third-order valence-corrected chi connectivity index (χ3v) is 2.85. The van der Waals surface area contributed by atoms with E-state index >= 15 is 0 Å². The van der Waals surface area contributed by atoms with Gasteiger partial charge in [0.1, 0.15) is 5.75 Å². The topological polar surface area (TPSA) is 9.23 Å². The molecule has 0 aliphatic rings. The van der Waals surface area contributed by atoms with Gasteiger partial charge < -0.3 is 4.74 Å². The minimum Gasteiger partial charge on any atom is -0.496 e. The average Bonchev–Trinajstić information content (AvgIpc) is 2.16. The maximum Gasteiger partial charge on any atom is 0.125 e. The zero-order valence-electron chi connectivity index (χ0n) is 8.68. The van der Waals surface area contributed by atoms with Gasteiger partial charge in [-0.1, -0.05) is 6.92 Å². The van der Waals surface area contributed by atoms with Gasteiger partial charge in [-0.15, -0.1) is 11.8 Å². The fourth-order valence-electron chi connectivity index (χ4n) is 1.48. The summed E-state index contributed by atoms with van der Waals surface area (Å²) in [7, 11) is 1.74. The van der Waals surface area contributed by atoms with Crippen LogP contribution in [0.2, 0.25) is 0 Å². The van der Waals surface area contributed by atoms with Gasteiger partial charge in [0.2, 0.25) is 0 Å². The number of benzene rings is 1. The van der Waals surface area contributed by atoms with Crippen molar-refractivity contribution in [3.63, 3.8) is 0 Å². The van der Waals surface area contributed by atoms with E-state index in [1.807, 2.05) is 0 Å². The number of hydrogen-bond acceptors (Lipinski definition) is 2. The van der Waals surface area contributed by atoms with E-state index in [2.05, 4.69) is 32.2 Å². The molecule has 0 bridgehead atoms. The van der Waals surface area contributed by atoms with Gasteiger partial charge >= 0.3 is 0 Å². The molecule has 1 nitrogen and oxygen atoms in total. The van der Waals surface area contributed by atoms with Crippen molar-refractivity contribution in [1.82, 2.24) is 0 Å². The van der Waals surface area contributed by atoms with Crippen LogP contribution in [-0.2, 0) is 6.42 Å². The number of ether oxygens (including phenoxy) is 1. The molecule has 1 rings (SSSR count). The predicted molar refractivity (Wildman–Crippen MR) is 58.9 cm³/mol. The van der Waals surface area contributed by atoms with Crippen LogP contribution in [-0.4, -0.2) is 13.4 Å². The van der Waals surface area contributed by atoms with Crippen molar-refractivity contribution in [2.24, 2.45) is 0 Å². The van der Waals surface area contributed by atoms with Gasteiger partial charge in [0.15, 0.2) is 0 Å². The molecule has 0 atom stereocenters. The van der Waals surface area contributed by atoms with E-state index < -0.39 is 0 Å². The highest BCUT2D eigenvalue weighted by molar-refractivity contribution is 7.98. The Kier molecular flexibility index (Phi) is 3.67. The summed E-state index contributed by atoms with van der Waals surface area (Å²) in [4.78, 5) is 1.31. The SMILES string of the molecule is CCc1cc(SC)cc(C)c1OC. The Morgan fingerprint density at radius 3 is 2.54 bits per heavy atom. The molecule has 0 unspecified atom stereocenters. The van der Waals surface area contributed by atoms with E-state index in [1.165, 1.54) is 16.0 Å². The second kappa shape index (κ2) is 4.56. The third-order valence-electron chi connectivity index (χ3n) is 2.15. The lowest BCUT2D eigenvalue weighted by molar-refractivity contribution is 0.406. The van der Waals surface area contributed by atoms with E-state index in [-0.39, 0.29) is 0 Å². The maximum absolute atomic E-state index is 5.36. The van der Waals surface area contributed by atoms with Crippen molar-refractivity contribution in [3.05, 3.63) is 23.3 Å². The second-order valence-electron chi connectivity index (χ2n) is 2.99. The molecule has 0 fully saturated rings. The molecular formula is C11H16OS. The van der Waals surface area contributed by atoms with Crippen LogP contribution < -0.4 is 4.74 Å². The molecule has 0 saturated heterocycles. The van der Waals surface area contributed by atoms with Crippen LogP contribution >= 0.6 is 11.8 Å². The summed E-state index contributed by atoms with van der Waals surface area (Å²) in [5.74, 6) is 1.04. The van der Waals surface area contributed by atoms with Crippen LogP contribution in [0.4, 0.5) is 0 Å². The van der Waals surface area contributed by atoms with E-state index in [0.29, 0.717) is 0 Å². The molecule has 0 heterocycles. The molecule has 0 N–H and O–H groups in total. The van der Waals surface area contributed by atoms with E-state index in [0.717, 1.165) is 12.2 Å². The molecule has 1 aromatic rings. The van der Waals surface area contributed by atoms with Gasteiger partial charge in [0, 0.05) is 4.90 Å². The number of aryl methyl sites for hydroxylation is 2. The first-order chi connectivity index (χ1) is 6.22. The molecule has 0 radical (unpaired) electrons. The summed E-state index contributed by atoms with van der Waals surface area (Å²) in [6.07, 6.45) is 3.12. The van der Waals surface area contributed by atoms with Crippen molar-refractivity contribution < 1.29 is 4.74 Å². The first-order valence-corrected chi connectivity index (χ1v) is 5.66. The molecule has 0 aliphatic heterocycles. The lowest BCUT2D eigenvalue weighted by atomic mass is 10.1. The molecule has 0 aliphatic carbocycles. The quantitative estimate of drug-likeness (QED) is 0.686. The fraction of sp³-hybridized carbons (Fsp3) is 0.455. The Morgan fingerprint density at radius 2 is 2.08 bits per heavy atom. The minimum atomic E-state index is 1.03. The van der Waals surface area contributed by atoms with Crippen LogP contribution in [0, 0.1) is 6.92 Å². The van der Waals surface area contributed by atoms with Crippen LogP contribution in [0.25, 0.3) is 0 Å². The lowest BCUT2D eigenvalue weighted by Gasteiger charge is -2.11. The molecule has 0 spiro atoms. The number of rotatable bonds is 3. The molecule has 2 heteroatoms. The van der Waals surface area contributed by atoms with Crippen LogP contribution in [0.5, 0.6) is 5.75 Å². The van der Waals surface area contributed by atoms with Gasteiger partial charge in [-0.2, -0.15) is 0 Å². The Balaban J connectivity index is 3.20. The largest absolute Gasteiger partial charge is 0.496 e. The normalized spacial score (nSPS) is 10.2. The van der Waals surface area contributed by atoms with Crippen LogP contribution in [0.1, 0.15) is 18.1 Å². The first-order valence-electron chi connectivity index (χ1n) is 4.44. The van der Waals surface area contributed by atoms with Crippen LogP contribution in [0.15, 0.2) is 17.0 Å². The highest BCUT2D eigenvalue weighted by Crippen LogP contribution is 2.29. The van der Waals surface area contributed by atoms with Crippen LogP contribution in [0.3, 0.4) is 0 Å². The summed E-state index contributed by atoms with van der Waals surface area (Å²) < 4.78 is 5.36. The number of methoxy groups -OCH3 is 1. The smallest absolute Gasteiger partial charge is 0.125 e. The van der Waals surface area contributed by atoms with Gasteiger partial charge in [-0.3, -0.25) is 0 Å². The monoisotopic (exact) mass is 196 g/mol. The van der Waals surface area contributed by atoms with E-state index in [9.17, 15) is 0 Å². The molecule has 13 heavy (non-hydrogen) atoms. The van der Waals surface area contributed by atoms with Crippen molar-refractivity contribution in [2.75, 3.05) is 13.4 Å². The zero-order valence-corrected chi connectivity index (χ0v) is 9.49. The summed E-state index contributed by atoms with van der Waals surface area (Å²) in [6, 6.07) is 4.37. The number of thioether (sulfide) groups is 1. The molecule has 0 amide bonds. The average molecular weight is 196 g/mol. The van der Waals surface area contributed by atoms with E-state index in [1.54, 1.807) is 18.9 Å². The van der Waals surface area contributed by atoms with E-state index in [4.69, 9.17) is 4.74 Å². The van der Waals surface area contributed by atoms with Gasteiger partial charge in [0.25, 0.3) is 0 Å². The Hall–Kier alpha value is -0.630. The molecule has 1 aromatic carbocycles. The predicted octanol–water partition coefficient (Wildman–Crippen LogP) is 3.29. The second-order valence-corrected chi connectivity index (χ2v) is 3.87. The van der Waals surface area contributed by atoms with Gasteiger partial charge in [-0.25, -0.2) is 0 Å². The molecule has 72 valence electrons. The molecular weight excluding hydrogens is 180 g/mol. The fourth-order valence-corrected chi connectivity index (χ4v) is 2.04. The Morgan fingerprint density at radius 1 is 1.38 bits per heavy atom. The summed E-state index contributed by atoms with van der Waals surface area (Å²) in [5.41, 5.74) is 2.53. The van der Waals surface area contributed by atoms with Crippen molar-refractivity contribution >= 4 is 11.8 Å². The number of hydrogen-bond donors (Lipinski definition) is 0. The molecule has 0 saturated carbocycles. The first kappa shape index (κ1) is 10.5. The summed E-state index contributed by atoms with van der Waals surface area (Å²) in [6.45, 7) is 4.25. The third kappa shape index (κ3) is 2.19. The summed E-state index contributed by atoms with van der Waals surface area (Å²) in [5, 5.41) is 0. The van der Waals surface area contributed by atoms with Gasteiger partial charge in [0.05, 0.1) is 7.11 Å².